The van der Waals surface area contributed by atoms with E-state index in [4.69, 9.17) is 4.42 Å². The molecule has 2 rings (SSSR count). The average molecular weight is 315 g/mol. The van der Waals surface area contributed by atoms with Crippen molar-refractivity contribution in [3.8, 4) is 11.5 Å². The van der Waals surface area contributed by atoms with Crippen LogP contribution in [0.2, 0.25) is 0 Å². The van der Waals surface area contributed by atoms with Gasteiger partial charge in [-0.1, -0.05) is 18.2 Å². The second-order valence-electron chi connectivity index (χ2n) is 5.60. The van der Waals surface area contributed by atoms with Gasteiger partial charge in [-0.2, -0.15) is 0 Å². The van der Waals surface area contributed by atoms with Gasteiger partial charge in [0.1, 0.15) is 5.76 Å². The molecule has 0 fully saturated rings. The summed E-state index contributed by atoms with van der Waals surface area (Å²) in [5.74, 6) is 0.821. The number of hydrogen-bond donors (Lipinski definition) is 0. The standard InChI is InChI=1S/C17H21N3O3/c1-12-14(10-15(21)20(4)11-16(22)19(2)3)18-17(23-12)13-8-6-5-7-9-13/h5-9H,10-11H2,1-4H3. The van der Waals surface area contributed by atoms with Crippen molar-refractivity contribution in [1.82, 2.24) is 14.8 Å². The van der Waals surface area contributed by atoms with E-state index in [1.54, 1.807) is 28.1 Å². The monoisotopic (exact) mass is 315 g/mol. The molecule has 1 aromatic heterocycles. The van der Waals surface area contributed by atoms with Gasteiger partial charge in [0, 0.05) is 26.7 Å². The first-order valence-electron chi connectivity index (χ1n) is 7.34. The summed E-state index contributed by atoms with van der Waals surface area (Å²) in [5.41, 5.74) is 1.46. The van der Waals surface area contributed by atoms with Gasteiger partial charge in [0.25, 0.3) is 0 Å². The van der Waals surface area contributed by atoms with Crippen molar-refractivity contribution < 1.29 is 14.0 Å². The molecular formula is C17H21N3O3. The van der Waals surface area contributed by atoms with Crippen LogP contribution in [0.15, 0.2) is 34.7 Å². The van der Waals surface area contributed by atoms with Crippen molar-refractivity contribution in [2.45, 2.75) is 13.3 Å². The normalized spacial score (nSPS) is 10.4. The Labute approximate surface area is 135 Å². The summed E-state index contributed by atoms with van der Waals surface area (Å²) in [6.07, 6.45) is 0.110. The molecule has 0 aliphatic heterocycles. The van der Waals surface area contributed by atoms with Crippen molar-refractivity contribution >= 4 is 11.8 Å². The zero-order valence-electron chi connectivity index (χ0n) is 13.9. The smallest absolute Gasteiger partial charge is 0.241 e. The lowest BCUT2D eigenvalue weighted by Crippen LogP contribution is -2.38. The van der Waals surface area contributed by atoms with Crippen LogP contribution >= 0.6 is 0 Å². The maximum atomic E-state index is 12.2. The van der Waals surface area contributed by atoms with E-state index in [0.29, 0.717) is 17.3 Å². The summed E-state index contributed by atoms with van der Waals surface area (Å²) in [6.45, 7) is 1.83. The predicted octanol–water partition coefficient (Wildman–Crippen LogP) is 1.74. The van der Waals surface area contributed by atoms with Crippen molar-refractivity contribution in [1.29, 1.82) is 0 Å². The molecule has 0 saturated carbocycles. The first kappa shape index (κ1) is 16.7. The molecule has 23 heavy (non-hydrogen) atoms. The first-order chi connectivity index (χ1) is 10.9. The van der Waals surface area contributed by atoms with Crippen molar-refractivity contribution in [3.05, 3.63) is 41.8 Å². The third kappa shape index (κ3) is 4.18. The Kier molecular flexibility index (Phi) is 5.16. The zero-order valence-corrected chi connectivity index (χ0v) is 13.9. The van der Waals surface area contributed by atoms with Crippen LogP contribution in [0, 0.1) is 6.92 Å². The number of benzene rings is 1. The number of amides is 2. The minimum atomic E-state index is -0.170. The van der Waals surface area contributed by atoms with Gasteiger partial charge >= 0.3 is 0 Å². The molecular weight excluding hydrogens is 294 g/mol. The van der Waals surface area contributed by atoms with E-state index in [1.807, 2.05) is 30.3 Å². The van der Waals surface area contributed by atoms with Crippen molar-refractivity contribution in [2.75, 3.05) is 27.7 Å². The second kappa shape index (κ2) is 7.09. The van der Waals surface area contributed by atoms with Crippen LogP contribution in [0.3, 0.4) is 0 Å². The molecule has 0 aliphatic carbocycles. The Morgan fingerprint density at radius 3 is 2.35 bits per heavy atom. The minimum absolute atomic E-state index is 0.0499. The van der Waals surface area contributed by atoms with Crippen LogP contribution in [0.25, 0.3) is 11.5 Å². The fourth-order valence-electron chi connectivity index (χ4n) is 2.01. The number of aryl methyl sites for hydroxylation is 1. The van der Waals surface area contributed by atoms with E-state index in [1.165, 1.54) is 9.80 Å². The molecule has 2 aromatic rings. The molecule has 122 valence electrons. The Balaban J connectivity index is 2.07. The van der Waals surface area contributed by atoms with E-state index in [-0.39, 0.29) is 24.8 Å². The van der Waals surface area contributed by atoms with E-state index < -0.39 is 0 Å². The molecule has 0 aliphatic rings. The van der Waals surface area contributed by atoms with Crippen molar-refractivity contribution in [2.24, 2.45) is 0 Å². The summed E-state index contributed by atoms with van der Waals surface area (Å²) < 4.78 is 5.64. The topological polar surface area (TPSA) is 66.7 Å². The molecule has 2 amide bonds. The maximum Gasteiger partial charge on any atom is 0.241 e. The first-order valence-corrected chi connectivity index (χ1v) is 7.34. The van der Waals surface area contributed by atoms with Gasteiger partial charge in [0.15, 0.2) is 0 Å². The van der Waals surface area contributed by atoms with Crippen LogP contribution in [0.4, 0.5) is 0 Å². The molecule has 1 heterocycles. The van der Waals surface area contributed by atoms with Crippen LogP contribution in [0.1, 0.15) is 11.5 Å². The number of carbonyl (C=O) groups is 2. The van der Waals surface area contributed by atoms with Crippen LogP contribution in [-0.4, -0.2) is 54.3 Å². The van der Waals surface area contributed by atoms with Crippen LogP contribution in [0.5, 0.6) is 0 Å². The number of aromatic nitrogens is 1. The quantitative estimate of drug-likeness (QED) is 0.843. The minimum Gasteiger partial charge on any atom is -0.441 e. The third-order valence-corrected chi connectivity index (χ3v) is 3.53. The van der Waals surface area contributed by atoms with Gasteiger partial charge < -0.3 is 14.2 Å². The van der Waals surface area contributed by atoms with E-state index >= 15 is 0 Å². The molecule has 0 radical (unpaired) electrons. The van der Waals surface area contributed by atoms with Gasteiger partial charge in [0.2, 0.25) is 17.7 Å². The second-order valence-corrected chi connectivity index (χ2v) is 5.60. The summed E-state index contributed by atoms with van der Waals surface area (Å²) in [5, 5.41) is 0. The predicted molar refractivity (Wildman–Crippen MR) is 86.7 cm³/mol. The van der Waals surface area contributed by atoms with E-state index in [9.17, 15) is 9.59 Å². The van der Waals surface area contributed by atoms with Crippen molar-refractivity contribution in [3.63, 3.8) is 0 Å². The molecule has 6 heteroatoms. The van der Waals surface area contributed by atoms with Gasteiger partial charge in [-0.15, -0.1) is 0 Å². The molecule has 0 bridgehead atoms. The van der Waals surface area contributed by atoms with Crippen LogP contribution in [-0.2, 0) is 16.0 Å². The van der Waals surface area contributed by atoms with Gasteiger partial charge in [-0.3, -0.25) is 9.59 Å². The highest BCUT2D eigenvalue weighted by Gasteiger charge is 2.19. The molecule has 0 spiro atoms. The number of nitrogens with zero attached hydrogens (tertiary/aromatic N) is 3. The molecule has 0 atom stereocenters. The van der Waals surface area contributed by atoms with Gasteiger partial charge in [0.05, 0.1) is 18.7 Å². The lowest BCUT2D eigenvalue weighted by Gasteiger charge is -2.18. The van der Waals surface area contributed by atoms with E-state index in [0.717, 1.165) is 5.56 Å². The van der Waals surface area contributed by atoms with Crippen LogP contribution < -0.4 is 0 Å². The number of carbonyl (C=O) groups excluding carboxylic acids is 2. The molecule has 0 N–H and O–H groups in total. The highest BCUT2D eigenvalue weighted by Crippen LogP contribution is 2.21. The fourth-order valence-corrected chi connectivity index (χ4v) is 2.01. The molecule has 1 aromatic carbocycles. The average Bonchev–Trinajstić information content (AvgIpc) is 2.89. The molecule has 6 nitrogen and oxygen atoms in total. The van der Waals surface area contributed by atoms with Gasteiger partial charge in [-0.05, 0) is 19.1 Å². The summed E-state index contributed by atoms with van der Waals surface area (Å²) in [6, 6.07) is 9.53. The Hall–Kier alpha value is -2.63. The number of likely N-dealkylation sites (N-methyl/N-ethyl adjacent to an activating group) is 2. The Morgan fingerprint density at radius 1 is 1.09 bits per heavy atom. The number of oxazole rings is 1. The third-order valence-electron chi connectivity index (χ3n) is 3.53. The maximum absolute atomic E-state index is 12.2. The Bertz CT molecular complexity index is 692. The lowest BCUT2D eigenvalue weighted by molar-refractivity contribution is -0.137. The summed E-state index contributed by atoms with van der Waals surface area (Å²) in [7, 11) is 4.93. The molecule has 0 saturated heterocycles. The summed E-state index contributed by atoms with van der Waals surface area (Å²) >= 11 is 0. The lowest BCUT2D eigenvalue weighted by atomic mass is 10.2. The number of hydrogen-bond acceptors (Lipinski definition) is 4. The molecule has 0 unspecified atom stereocenters. The Morgan fingerprint density at radius 2 is 1.74 bits per heavy atom. The zero-order chi connectivity index (χ0) is 17.0. The number of rotatable bonds is 5. The highest BCUT2D eigenvalue weighted by atomic mass is 16.4. The largest absolute Gasteiger partial charge is 0.441 e. The highest BCUT2D eigenvalue weighted by molar-refractivity contribution is 5.85. The van der Waals surface area contributed by atoms with E-state index in [2.05, 4.69) is 4.98 Å². The van der Waals surface area contributed by atoms with Gasteiger partial charge in [-0.25, -0.2) is 4.98 Å². The fraction of sp³-hybridized carbons (Fsp3) is 0.353. The SMILES string of the molecule is Cc1oc(-c2ccccc2)nc1CC(=O)N(C)CC(=O)N(C)C. The summed E-state index contributed by atoms with van der Waals surface area (Å²) in [4.78, 5) is 31.2.